The van der Waals surface area contributed by atoms with Gasteiger partial charge in [0.05, 0.1) is 5.56 Å². The molecule has 2 saturated heterocycles. The van der Waals surface area contributed by atoms with Gasteiger partial charge in [-0.05, 0) is 44.1 Å². The van der Waals surface area contributed by atoms with Crippen LogP contribution in [0.3, 0.4) is 0 Å². The second-order valence-corrected chi connectivity index (χ2v) is 6.81. The van der Waals surface area contributed by atoms with Crippen molar-refractivity contribution in [2.45, 2.75) is 18.9 Å². The Morgan fingerprint density at radius 3 is 2.62 bits per heavy atom. The van der Waals surface area contributed by atoms with Crippen molar-refractivity contribution >= 4 is 22.6 Å². The molecule has 0 bridgehead atoms. The number of benzene rings is 1. The van der Waals surface area contributed by atoms with E-state index in [1.807, 2.05) is 12.1 Å². The summed E-state index contributed by atoms with van der Waals surface area (Å²) in [6.45, 7) is 5.53. The van der Waals surface area contributed by atoms with E-state index in [1.165, 1.54) is 6.20 Å². The number of hydrogen-bond donors (Lipinski definition) is 3. The van der Waals surface area contributed by atoms with Crippen molar-refractivity contribution in [2.24, 2.45) is 0 Å². The number of pyridine rings is 1. The maximum Gasteiger partial charge on any atom is 0.337 e. The molecule has 7 nitrogen and oxygen atoms in total. The molecular weight excluding hydrogens is 332 g/mol. The molecule has 2 aromatic rings. The third kappa shape index (κ3) is 3.45. The van der Waals surface area contributed by atoms with E-state index in [2.05, 4.69) is 20.5 Å². The summed E-state index contributed by atoms with van der Waals surface area (Å²) in [6.07, 6.45) is 3.52. The number of carbonyl (C=O) groups is 1. The minimum atomic E-state index is -0.963. The largest absolute Gasteiger partial charge is 0.488 e. The predicted octanol–water partition coefficient (Wildman–Crippen LogP) is 1.47. The van der Waals surface area contributed by atoms with Gasteiger partial charge in [-0.1, -0.05) is 0 Å². The molecule has 0 saturated carbocycles. The molecule has 0 aliphatic carbocycles. The van der Waals surface area contributed by atoms with Gasteiger partial charge >= 0.3 is 5.97 Å². The second-order valence-electron chi connectivity index (χ2n) is 6.81. The molecule has 3 heterocycles. The molecule has 2 fully saturated rings. The molecule has 4 rings (SSSR count). The number of carboxylic acids is 1. The van der Waals surface area contributed by atoms with Gasteiger partial charge in [0, 0.05) is 43.4 Å². The van der Waals surface area contributed by atoms with Gasteiger partial charge in [-0.3, -0.25) is 4.98 Å². The Bertz CT molecular complexity index is 799. The smallest absolute Gasteiger partial charge is 0.337 e. The number of aromatic carboxylic acids is 1. The Hall–Kier alpha value is -2.38. The summed E-state index contributed by atoms with van der Waals surface area (Å²) in [7, 11) is 0. The number of piperidine rings is 1. The lowest BCUT2D eigenvalue weighted by Crippen LogP contribution is -2.43. The van der Waals surface area contributed by atoms with Crippen LogP contribution >= 0.6 is 0 Å². The number of nitrogens with zero attached hydrogens (tertiary/aromatic N) is 2. The number of fused-ring (bicyclic) bond motifs is 1. The first-order chi connectivity index (χ1) is 12.7. The fraction of sp³-hybridized carbons (Fsp3) is 0.474. The number of rotatable bonds is 4. The molecule has 0 atom stereocenters. The normalized spacial score (nSPS) is 18.8. The highest BCUT2D eigenvalue weighted by Gasteiger charge is 2.20. The summed E-state index contributed by atoms with van der Waals surface area (Å²) >= 11 is 0. The lowest BCUT2D eigenvalue weighted by Gasteiger charge is -2.31. The Morgan fingerprint density at radius 1 is 1.15 bits per heavy atom. The number of piperazine rings is 1. The fourth-order valence-corrected chi connectivity index (χ4v) is 3.67. The number of aromatic nitrogens is 1. The maximum atomic E-state index is 11.4. The highest BCUT2D eigenvalue weighted by atomic mass is 16.5. The lowest BCUT2D eigenvalue weighted by atomic mass is 10.1. The average molecular weight is 356 g/mol. The lowest BCUT2D eigenvalue weighted by molar-refractivity contribution is 0.0696. The van der Waals surface area contributed by atoms with E-state index in [0.29, 0.717) is 0 Å². The van der Waals surface area contributed by atoms with Gasteiger partial charge in [-0.25, -0.2) is 4.79 Å². The van der Waals surface area contributed by atoms with Crippen LogP contribution in [0, 0.1) is 0 Å². The molecule has 7 heteroatoms. The number of carboxylic acid groups (broad SMARTS) is 1. The van der Waals surface area contributed by atoms with Crippen molar-refractivity contribution in [3.63, 3.8) is 0 Å². The van der Waals surface area contributed by atoms with E-state index in [4.69, 9.17) is 4.74 Å². The SMILES string of the molecule is O=C(O)c1cnc2c(OC3CCNCC3)ccc(N3CCNCC3)c2c1. The minimum Gasteiger partial charge on any atom is -0.488 e. The first-order valence-electron chi connectivity index (χ1n) is 9.21. The van der Waals surface area contributed by atoms with Crippen molar-refractivity contribution in [1.29, 1.82) is 0 Å². The highest BCUT2D eigenvalue weighted by molar-refractivity contribution is 6.00. The molecule has 26 heavy (non-hydrogen) atoms. The summed E-state index contributed by atoms with van der Waals surface area (Å²) in [5, 5.41) is 16.9. The van der Waals surface area contributed by atoms with Crippen LogP contribution in [0.4, 0.5) is 5.69 Å². The van der Waals surface area contributed by atoms with Gasteiger partial charge in [-0.15, -0.1) is 0 Å². The second kappa shape index (κ2) is 7.47. The summed E-state index contributed by atoms with van der Waals surface area (Å²) in [4.78, 5) is 18.2. The van der Waals surface area contributed by atoms with Crippen LogP contribution in [-0.4, -0.2) is 61.4 Å². The topological polar surface area (TPSA) is 86.7 Å². The van der Waals surface area contributed by atoms with E-state index < -0.39 is 5.97 Å². The van der Waals surface area contributed by atoms with Crippen molar-refractivity contribution in [2.75, 3.05) is 44.2 Å². The van der Waals surface area contributed by atoms with Crippen molar-refractivity contribution in [3.8, 4) is 5.75 Å². The minimum absolute atomic E-state index is 0.172. The first kappa shape index (κ1) is 17.1. The highest BCUT2D eigenvalue weighted by Crippen LogP contribution is 2.34. The van der Waals surface area contributed by atoms with Crippen molar-refractivity contribution in [1.82, 2.24) is 15.6 Å². The van der Waals surface area contributed by atoms with Gasteiger partial charge in [0.1, 0.15) is 17.4 Å². The average Bonchev–Trinajstić information content (AvgIpc) is 2.69. The van der Waals surface area contributed by atoms with Crippen molar-refractivity contribution < 1.29 is 14.6 Å². The van der Waals surface area contributed by atoms with Crippen LogP contribution in [0.15, 0.2) is 24.4 Å². The zero-order valence-corrected chi connectivity index (χ0v) is 14.7. The van der Waals surface area contributed by atoms with Gasteiger partial charge in [0.15, 0.2) is 0 Å². The molecule has 138 valence electrons. The monoisotopic (exact) mass is 356 g/mol. The van der Waals surface area contributed by atoms with Gasteiger partial charge in [0.2, 0.25) is 0 Å². The molecule has 2 aliphatic heterocycles. The van der Waals surface area contributed by atoms with Crippen molar-refractivity contribution in [3.05, 3.63) is 30.0 Å². The Balaban J connectivity index is 1.75. The van der Waals surface area contributed by atoms with E-state index >= 15 is 0 Å². The molecular formula is C19H24N4O3. The van der Waals surface area contributed by atoms with Gasteiger partial charge in [0.25, 0.3) is 0 Å². The maximum absolute atomic E-state index is 11.4. The van der Waals surface area contributed by atoms with E-state index in [-0.39, 0.29) is 11.7 Å². The number of anilines is 1. The van der Waals surface area contributed by atoms with Crippen LogP contribution in [0.1, 0.15) is 23.2 Å². The van der Waals surface area contributed by atoms with Crippen LogP contribution in [0.2, 0.25) is 0 Å². The Labute approximate surface area is 152 Å². The third-order valence-electron chi connectivity index (χ3n) is 5.07. The Kier molecular flexibility index (Phi) is 4.90. The summed E-state index contributed by atoms with van der Waals surface area (Å²) in [5.74, 6) is -0.224. The zero-order valence-electron chi connectivity index (χ0n) is 14.7. The Morgan fingerprint density at radius 2 is 1.88 bits per heavy atom. The first-order valence-corrected chi connectivity index (χ1v) is 9.21. The molecule has 1 aromatic heterocycles. The quantitative estimate of drug-likeness (QED) is 0.765. The molecule has 3 N–H and O–H groups in total. The standard InChI is InChI=1S/C19H24N4O3/c24-19(25)13-11-15-16(23-9-7-21-8-10-23)1-2-17(18(15)22-12-13)26-14-3-5-20-6-4-14/h1-2,11-12,14,20-21H,3-10H2,(H,24,25). The van der Waals surface area contributed by atoms with Gasteiger partial charge in [-0.2, -0.15) is 0 Å². The zero-order chi connectivity index (χ0) is 17.9. The van der Waals surface area contributed by atoms with E-state index in [9.17, 15) is 9.90 Å². The van der Waals surface area contributed by atoms with Crippen LogP contribution in [0.25, 0.3) is 10.9 Å². The van der Waals surface area contributed by atoms with E-state index in [0.717, 1.165) is 74.5 Å². The molecule has 0 amide bonds. The molecule has 2 aliphatic rings. The molecule has 0 spiro atoms. The van der Waals surface area contributed by atoms with Crippen LogP contribution < -0.4 is 20.3 Å². The number of hydrogen-bond acceptors (Lipinski definition) is 6. The van der Waals surface area contributed by atoms with E-state index in [1.54, 1.807) is 6.07 Å². The van der Waals surface area contributed by atoms with Crippen LogP contribution in [-0.2, 0) is 0 Å². The molecule has 1 aromatic carbocycles. The summed E-state index contributed by atoms with van der Waals surface area (Å²) in [6, 6.07) is 5.74. The molecule has 0 unspecified atom stereocenters. The summed E-state index contributed by atoms with van der Waals surface area (Å²) < 4.78 is 6.23. The van der Waals surface area contributed by atoms with Crippen LogP contribution in [0.5, 0.6) is 5.75 Å². The number of nitrogens with one attached hydrogen (secondary N) is 2. The fourth-order valence-electron chi connectivity index (χ4n) is 3.67. The molecule has 0 radical (unpaired) electrons. The van der Waals surface area contributed by atoms with Gasteiger partial charge < -0.3 is 25.4 Å². The number of ether oxygens (including phenoxy) is 1. The summed E-state index contributed by atoms with van der Waals surface area (Å²) in [5.41, 5.74) is 1.97. The third-order valence-corrected chi connectivity index (χ3v) is 5.07. The predicted molar refractivity (Wildman–Crippen MR) is 100 cm³/mol.